The minimum Gasteiger partial charge on any atom is -0.550 e. The molecule has 0 saturated heterocycles. The average molecular weight is 284 g/mol. The second-order valence-electron chi connectivity index (χ2n) is 4.23. The molecule has 0 aliphatic heterocycles. The third-order valence-corrected chi connectivity index (χ3v) is 2.51. The number of hydrogen-bond donors (Lipinski definition) is 3. The maximum Gasteiger partial charge on any atom is 1.00 e. The zero-order valence-corrected chi connectivity index (χ0v) is 14.8. The number of rotatable bonds is 12. The fraction of sp³-hybridized carbons (Fsp3) is 0.917. The van der Waals surface area contributed by atoms with E-state index in [0.717, 1.165) is 19.4 Å². The van der Waals surface area contributed by atoms with Crippen molar-refractivity contribution < 1.29 is 66.4 Å². The molecule has 0 amide bonds. The van der Waals surface area contributed by atoms with E-state index in [1.54, 1.807) is 0 Å². The van der Waals surface area contributed by atoms with Crippen molar-refractivity contribution in [3.05, 3.63) is 0 Å². The van der Waals surface area contributed by atoms with E-state index in [9.17, 15) is 15.0 Å². The van der Waals surface area contributed by atoms with Gasteiger partial charge in [0.15, 0.2) is 0 Å². The molecule has 1 atom stereocenters. The van der Waals surface area contributed by atoms with Crippen molar-refractivity contribution in [1.82, 2.24) is 10.6 Å². The predicted molar refractivity (Wildman–Crippen MR) is 65.5 cm³/mol. The molecular weight excluding hydrogens is 259 g/mol. The number of carbonyl (C=O) groups excluding carboxylic acids is 1. The van der Waals surface area contributed by atoms with Crippen LogP contribution in [0.15, 0.2) is 0 Å². The number of unbranched alkanes of at least 4 members (excludes halogenated alkanes) is 2. The Hall–Kier alpha value is 0.986. The number of aliphatic carboxylic acids is 1. The van der Waals surface area contributed by atoms with Crippen LogP contribution in [-0.4, -0.2) is 43.4 Å². The van der Waals surface area contributed by atoms with Crippen LogP contribution in [0.5, 0.6) is 0 Å². The minimum atomic E-state index is -1.03. The Labute approximate surface area is 153 Å². The Kier molecular flexibility index (Phi) is 19.0. The van der Waals surface area contributed by atoms with Gasteiger partial charge in [0, 0.05) is 32.1 Å². The molecule has 18 heavy (non-hydrogen) atoms. The van der Waals surface area contributed by atoms with E-state index in [1.165, 1.54) is 12.8 Å². The van der Waals surface area contributed by atoms with Crippen molar-refractivity contribution in [2.45, 2.75) is 45.1 Å². The Morgan fingerprint density at radius 1 is 1.22 bits per heavy atom. The first-order valence-corrected chi connectivity index (χ1v) is 6.46. The van der Waals surface area contributed by atoms with Crippen molar-refractivity contribution in [1.29, 1.82) is 0 Å². The summed E-state index contributed by atoms with van der Waals surface area (Å²) in [4.78, 5) is 10.1. The van der Waals surface area contributed by atoms with E-state index >= 15 is 0 Å². The molecule has 1 unspecified atom stereocenters. The summed E-state index contributed by atoms with van der Waals surface area (Å²) in [5.74, 6) is -1.03. The predicted octanol–water partition coefficient (Wildman–Crippen LogP) is -3.75. The fourth-order valence-electron chi connectivity index (χ4n) is 1.49. The smallest absolute Gasteiger partial charge is 0.550 e. The van der Waals surface area contributed by atoms with Gasteiger partial charge < -0.3 is 25.6 Å². The van der Waals surface area contributed by atoms with Gasteiger partial charge in [0.1, 0.15) is 0 Å². The standard InChI is InChI=1S/C12H26N2O3.K/c1-2-3-4-5-11(15)10-14-9-8-13-7-6-12(16)17;/h11,13-15H,2-10H2,1H3,(H,16,17);/q;+1/p-1. The van der Waals surface area contributed by atoms with Gasteiger partial charge in [-0.15, -0.1) is 0 Å². The van der Waals surface area contributed by atoms with Crippen molar-refractivity contribution in [3.63, 3.8) is 0 Å². The Morgan fingerprint density at radius 3 is 2.50 bits per heavy atom. The van der Waals surface area contributed by atoms with Crippen LogP contribution >= 0.6 is 0 Å². The summed E-state index contributed by atoms with van der Waals surface area (Å²) in [5.41, 5.74) is 0. The quantitative estimate of drug-likeness (QED) is 0.253. The van der Waals surface area contributed by atoms with Gasteiger partial charge in [-0.1, -0.05) is 26.2 Å². The molecule has 0 bridgehead atoms. The van der Waals surface area contributed by atoms with Crippen LogP contribution in [0.1, 0.15) is 39.0 Å². The maximum atomic E-state index is 10.1. The van der Waals surface area contributed by atoms with E-state index < -0.39 is 5.97 Å². The molecule has 0 aromatic carbocycles. The molecule has 0 fully saturated rings. The molecule has 0 aliphatic rings. The van der Waals surface area contributed by atoms with Gasteiger partial charge in [-0.2, -0.15) is 0 Å². The van der Waals surface area contributed by atoms with Crippen LogP contribution in [0.2, 0.25) is 0 Å². The van der Waals surface area contributed by atoms with Crippen LogP contribution in [0.25, 0.3) is 0 Å². The van der Waals surface area contributed by atoms with E-state index in [-0.39, 0.29) is 63.9 Å². The molecule has 102 valence electrons. The maximum absolute atomic E-state index is 10.1. The zero-order valence-electron chi connectivity index (χ0n) is 11.7. The second-order valence-corrected chi connectivity index (χ2v) is 4.23. The summed E-state index contributed by atoms with van der Waals surface area (Å²) in [6, 6.07) is 0. The topological polar surface area (TPSA) is 84.4 Å². The van der Waals surface area contributed by atoms with Gasteiger partial charge in [0.25, 0.3) is 0 Å². The summed E-state index contributed by atoms with van der Waals surface area (Å²) < 4.78 is 0. The van der Waals surface area contributed by atoms with Gasteiger partial charge in [-0.25, -0.2) is 0 Å². The van der Waals surface area contributed by atoms with Crippen LogP contribution in [0.4, 0.5) is 0 Å². The normalized spacial score (nSPS) is 11.9. The summed E-state index contributed by atoms with van der Waals surface area (Å²) >= 11 is 0. The van der Waals surface area contributed by atoms with Gasteiger partial charge in [-0.05, 0) is 12.8 Å². The van der Waals surface area contributed by atoms with Crippen molar-refractivity contribution >= 4 is 5.97 Å². The second kappa shape index (κ2) is 16.0. The number of carboxylic acid groups (broad SMARTS) is 1. The van der Waals surface area contributed by atoms with Crippen molar-refractivity contribution in [2.24, 2.45) is 0 Å². The third-order valence-electron chi connectivity index (χ3n) is 2.51. The molecule has 5 nitrogen and oxygen atoms in total. The molecule has 0 radical (unpaired) electrons. The first-order valence-electron chi connectivity index (χ1n) is 6.46. The molecule has 0 spiro atoms. The van der Waals surface area contributed by atoms with Crippen LogP contribution in [0, 0.1) is 0 Å². The number of aliphatic hydroxyl groups excluding tert-OH is 1. The molecule has 3 N–H and O–H groups in total. The Morgan fingerprint density at radius 2 is 1.89 bits per heavy atom. The molecule has 0 heterocycles. The first-order chi connectivity index (χ1) is 8.16. The summed E-state index contributed by atoms with van der Waals surface area (Å²) in [6.07, 6.45) is 4.02. The minimum absolute atomic E-state index is 0. The van der Waals surface area contributed by atoms with E-state index in [1.807, 2.05) is 0 Å². The van der Waals surface area contributed by atoms with Gasteiger partial charge >= 0.3 is 51.4 Å². The monoisotopic (exact) mass is 284 g/mol. The summed E-state index contributed by atoms with van der Waals surface area (Å²) in [5, 5.41) is 25.8. The van der Waals surface area contributed by atoms with Gasteiger partial charge in [0.05, 0.1) is 6.10 Å². The van der Waals surface area contributed by atoms with Crippen LogP contribution < -0.4 is 67.1 Å². The fourth-order valence-corrected chi connectivity index (χ4v) is 1.49. The van der Waals surface area contributed by atoms with Gasteiger partial charge in [0.2, 0.25) is 0 Å². The number of nitrogens with one attached hydrogen (secondary N) is 2. The number of hydrogen-bond acceptors (Lipinski definition) is 5. The molecule has 0 saturated carbocycles. The summed E-state index contributed by atoms with van der Waals surface area (Å²) in [6.45, 7) is 4.62. The van der Waals surface area contributed by atoms with Gasteiger partial charge in [-0.3, -0.25) is 0 Å². The molecule has 0 rings (SSSR count). The molecule has 0 aromatic heterocycles. The largest absolute Gasteiger partial charge is 1.00 e. The Balaban J connectivity index is 0. The first kappa shape index (κ1) is 21.3. The average Bonchev–Trinajstić information content (AvgIpc) is 2.28. The number of carboxylic acids is 1. The Bertz CT molecular complexity index is 194. The molecule has 0 aromatic rings. The van der Waals surface area contributed by atoms with Crippen LogP contribution in [-0.2, 0) is 4.79 Å². The molecule has 6 heteroatoms. The van der Waals surface area contributed by atoms with Crippen LogP contribution in [0.3, 0.4) is 0 Å². The molecular formula is C12H25KN2O3. The summed E-state index contributed by atoms with van der Waals surface area (Å²) in [7, 11) is 0. The zero-order chi connectivity index (χ0) is 12.9. The molecule has 0 aliphatic carbocycles. The number of carbonyl (C=O) groups is 1. The van der Waals surface area contributed by atoms with Crippen molar-refractivity contribution in [3.8, 4) is 0 Å². The SMILES string of the molecule is CCCCCC(O)CNCCNCCC(=O)[O-].[K+]. The van der Waals surface area contributed by atoms with E-state index in [4.69, 9.17) is 0 Å². The van der Waals surface area contributed by atoms with E-state index in [2.05, 4.69) is 17.6 Å². The third kappa shape index (κ3) is 17.0. The van der Waals surface area contributed by atoms with Crippen molar-refractivity contribution in [2.75, 3.05) is 26.2 Å². The van der Waals surface area contributed by atoms with E-state index in [0.29, 0.717) is 19.6 Å². The number of aliphatic hydroxyl groups is 1.